The lowest BCUT2D eigenvalue weighted by atomic mass is 9.83. The predicted molar refractivity (Wildman–Crippen MR) is 85.8 cm³/mol. The van der Waals surface area contributed by atoms with E-state index < -0.39 is 11.8 Å². The van der Waals surface area contributed by atoms with Crippen LogP contribution in [0.1, 0.15) is 28.3 Å². The van der Waals surface area contributed by atoms with Crippen LogP contribution in [0.4, 0.5) is 0 Å². The summed E-state index contributed by atoms with van der Waals surface area (Å²) < 4.78 is 5.12. The maximum Gasteiger partial charge on any atom is 0.163 e. The first-order valence-electron chi connectivity index (χ1n) is 7.21. The van der Waals surface area contributed by atoms with Crippen LogP contribution in [0.2, 0.25) is 0 Å². The highest BCUT2D eigenvalue weighted by atomic mass is 16.5. The second kappa shape index (κ2) is 7.77. The highest BCUT2D eigenvalue weighted by Gasteiger charge is 2.26. The van der Waals surface area contributed by atoms with Crippen LogP contribution in [0.25, 0.3) is 0 Å². The predicted octanol–water partition coefficient (Wildman–Crippen LogP) is 3.72. The van der Waals surface area contributed by atoms with Crippen molar-refractivity contribution in [1.82, 2.24) is 0 Å². The molecule has 2 aromatic rings. The van der Waals surface area contributed by atoms with Gasteiger partial charge in [-0.15, -0.1) is 0 Å². The van der Waals surface area contributed by atoms with Gasteiger partial charge in [0.15, 0.2) is 5.78 Å². The Hall–Kier alpha value is -3.11. The minimum Gasteiger partial charge on any atom is -0.497 e. The number of hydrogen-bond acceptors (Lipinski definition) is 4. The summed E-state index contributed by atoms with van der Waals surface area (Å²) in [5.41, 5.74) is 1.36. The molecule has 4 nitrogen and oxygen atoms in total. The van der Waals surface area contributed by atoms with Crippen LogP contribution in [0.15, 0.2) is 54.6 Å². The summed E-state index contributed by atoms with van der Waals surface area (Å²) >= 11 is 0. The number of nitriles is 2. The number of Topliss-reactive ketones (excluding diaryl/α,β-unsaturated/α-hetero) is 1. The van der Waals surface area contributed by atoms with Gasteiger partial charge in [0.05, 0.1) is 19.2 Å². The van der Waals surface area contributed by atoms with E-state index in [-0.39, 0.29) is 12.2 Å². The number of nitrogens with zero attached hydrogens (tertiary/aromatic N) is 2. The Balaban J connectivity index is 2.29. The standard InChI is InChI=1S/C19H16N2O2/c1-23-17-9-7-14(8-10-17)18(16(12-20)13-21)11-19(22)15-5-3-2-4-6-15/h2-10,16,18H,11H2,1H3/t18-/m0/s1. The van der Waals surface area contributed by atoms with Gasteiger partial charge in [0.1, 0.15) is 11.7 Å². The van der Waals surface area contributed by atoms with Crippen LogP contribution < -0.4 is 4.74 Å². The number of methoxy groups -OCH3 is 1. The molecule has 2 rings (SSSR count). The van der Waals surface area contributed by atoms with Crippen LogP contribution in [0.5, 0.6) is 5.75 Å². The third-order valence-electron chi connectivity index (χ3n) is 3.73. The lowest BCUT2D eigenvalue weighted by Gasteiger charge is -2.17. The zero-order chi connectivity index (χ0) is 16.7. The largest absolute Gasteiger partial charge is 0.497 e. The second-order valence-corrected chi connectivity index (χ2v) is 5.11. The summed E-state index contributed by atoms with van der Waals surface area (Å²) in [5.74, 6) is -0.742. The molecule has 0 aliphatic rings. The second-order valence-electron chi connectivity index (χ2n) is 5.11. The van der Waals surface area contributed by atoms with Crippen molar-refractivity contribution < 1.29 is 9.53 Å². The van der Waals surface area contributed by atoms with Crippen molar-refractivity contribution in [3.05, 3.63) is 65.7 Å². The van der Waals surface area contributed by atoms with Crippen molar-refractivity contribution >= 4 is 5.78 Å². The Morgan fingerprint density at radius 3 is 2.17 bits per heavy atom. The molecule has 0 saturated heterocycles. The first kappa shape index (κ1) is 16.3. The van der Waals surface area contributed by atoms with Crippen LogP contribution >= 0.6 is 0 Å². The van der Waals surface area contributed by atoms with E-state index in [1.165, 1.54) is 0 Å². The number of carbonyl (C=O) groups excluding carboxylic acids is 1. The zero-order valence-corrected chi connectivity index (χ0v) is 12.8. The smallest absolute Gasteiger partial charge is 0.163 e. The molecule has 0 aliphatic heterocycles. The molecule has 0 aliphatic carbocycles. The van der Waals surface area contributed by atoms with E-state index >= 15 is 0 Å². The molecule has 114 valence electrons. The van der Waals surface area contributed by atoms with Crippen LogP contribution in [-0.4, -0.2) is 12.9 Å². The summed E-state index contributed by atoms with van der Waals surface area (Å²) in [6.45, 7) is 0. The average molecular weight is 304 g/mol. The fraction of sp³-hybridized carbons (Fsp3) is 0.211. The molecule has 0 amide bonds. The molecule has 0 aromatic heterocycles. The van der Waals surface area contributed by atoms with Gasteiger partial charge in [0.25, 0.3) is 0 Å². The number of rotatable bonds is 6. The lowest BCUT2D eigenvalue weighted by molar-refractivity contribution is 0.0971. The van der Waals surface area contributed by atoms with E-state index in [9.17, 15) is 15.3 Å². The minimum absolute atomic E-state index is 0.0816. The molecule has 0 unspecified atom stereocenters. The van der Waals surface area contributed by atoms with Gasteiger partial charge in [-0.3, -0.25) is 4.79 Å². The highest BCUT2D eigenvalue weighted by Crippen LogP contribution is 2.30. The zero-order valence-electron chi connectivity index (χ0n) is 12.8. The molecule has 0 spiro atoms. The molecular weight excluding hydrogens is 288 g/mol. The van der Waals surface area contributed by atoms with Crippen molar-refractivity contribution in [3.63, 3.8) is 0 Å². The molecule has 1 atom stereocenters. The maximum atomic E-state index is 12.4. The average Bonchev–Trinajstić information content (AvgIpc) is 2.62. The molecule has 0 N–H and O–H groups in total. The molecule has 2 aromatic carbocycles. The van der Waals surface area contributed by atoms with E-state index in [1.54, 1.807) is 55.6 Å². The Bertz CT molecular complexity index is 726. The lowest BCUT2D eigenvalue weighted by Crippen LogP contribution is -2.15. The SMILES string of the molecule is COc1ccc([C@H](CC(=O)c2ccccc2)C(C#N)C#N)cc1. The summed E-state index contributed by atoms with van der Waals surface area (Å²) in [4.78, 5) is 12.4. The quantitative estimate of drug-likeness (QED) is 0.762. The van der Waals surface area contributed by atoms with Crippen molar-refractivity contribution in [1.29, 1.82) is 10.5 Å². The Kier molecular flexibility index (Phi) is 5.50. The molecular formula is C19H16N2O2. The number of hydrogen-bond donors (Lipinski definition) is 0. The number of benzene rings is 2. The van der Waals surface area contributed by atoms with Crippen LogP contribution in [-0.2, 0) is 0 Å². The van der Waals surface area contributed by atoms with Crippen molar-refractivity contribution in [2.75, 3.05) is 7.11 Å². The summed E-state index contributed by atoms with van der Waals surface area (Å²) in [6.07, 6.45) is 0.113. The number of ketones is 1. The van der Waals surface area contributed by atoms with Gasteiger partial charge in [-0.2, -0.15) is 10.5 Å². The summed E-state index contributed by atoms with van der Waals surface area (Å²) in [7, 11) is 1.57. The number of ether oxygens (including phenoxy) is 1. The Morgan fingerprint density at radius 1 is 1.04 bits per heavy atom. The Morgan fingerprint density at radius 2 is 1.65 bits per heavy atom. The molecule has 0 fully saturated rings. The van der Waals surface area contributed by atoms with E-state index in [4.69, 9.17) is 4.74 Å². The summed E-state index contributed by atoms with van der Waals surface area (Å²) in [5, 5.41) is 18.5. The summed E-state index contributed by atoms with van der Waals surface area (Å²) in [6, 6.07) is 20.0. The van der Waals surface area contributed by atoms with Crippen LogP contribution in [0, 0.1) is 28.6 Å². The van der Waals surface area contributed by atoms with Crippen LogP contribution in [0.3, 0.4) is 0 Å². The van der Waals surface area contributed by atoms with Gasteiger partial charge in [0, 0.05) is 17.9 Å². The van der Waals surface area contributed by atoms with E-state index in [1.807, 2.05) is 18.2 Å². The minimum atomic E-state index is -0.879. The molecule has 23 heavy (non-hydrogen) atoms. The molecule has 0 heterocycles. The van der Waals surface area contributed by atoms with Gasteiger partial charge in [-0.05, 0) is 17.7 Å². The number of carbonyl (C=O) groups is 1. The third kappa shape index (κ3) is 3.96. The molecule has 0 bridgehead atoms. The topological polar surface area (TPSA) is 73.9 Å². The van der Waals surface area contributed by atoms with E-state index in [0.717, 1.165) is 5.56 Å². The first-order valence-corrected chi connectivity index (χ1v) is 7.21. The van der Waals surface area contributed by atoms with Gasteiger partial charge in [0.2, 0.25) is 0 Å². The van der Waals surface area contributed by atoms with E-state index in [2.05, 4.69) is 0 Å². The van der Waals surface area contributed by atoms with Crippen molar-refractivity contribution in [2.24, 2.45) is 5.92 Å². The van der Waals surface area contributed by atoms with Crippen molar-refractivity contribution in [3.8, 4) is 17.9 Å². The monoisotopic (exact) mass is 304 g/mol. The van der Waals surface area contributed by atoms with Gasteiger partial charge >= 0.3 is 0 Å². The third-order valence-corrected chi connectivity index (χ3v) is 3.73. The molecule has 0 saturated carbocycles. The molecule has 0 radical (unpaired) electrons. The van der Waals surface area contributed by atoms with Gasteiger partial charge in [-0.1, -0.05) is 42.5 Å². The van der Waals surface area contributed by atoms with Gasteiger partial charge in [-0.25, -0.2) is 0 Å². The normalized spacial score (nSPS) is 11.3. The van der Waals surface area contributed by atoms with Crippen molar-refractivity contribution in [2.45, 2.75) is 12.3 Å². The highest BCUT2D eigenvalue weighted by molar-refractivity contribution is 5.96. The van der Waals surface area contributed by atoms with E-state index in [0.29, 0.717) is 11.3 Å². The maximum absolute atomic E-state index is 12.4. The van der Waals surface area contributed by atoms with Gasteiger partial charge < -0.3 is 4.74 Å². The fourth-order valence-electron chi connectivity index (χ4n) is 2.43. The first-order chi connectivity index (χ1) is 11.2. The Labute approximate surface area is 135 Å². The molecule has 4 heteroatoms. The fourth-order valence-corrected chi connectivity index (χ4v) is 2.43.